The largest absolute Gasteiger partial charge is 0.395 e. The third kappa shape index (κ3) is 3.97. The molecule has 136 valence electrons. The molecule has 0 radical (unpaired) electrons. The molecule has 1 aliphatic rings. The van der Waals surface area contributed by atoms with Crippen LogP contribution in [0.3, 0.4) is 0 Å². The molecule has 1 aliphatic heterocycles. The number of benzene rings is 1. The number of aliphatic hydroxyl groups is 1. The van der Waals surface area contributed by atoms with E-state index in [2.05, 4.69) is 0 Å². The van der Waals surface area contributed by atoms with Gasteiger partial charge in [0, 0.05) is 38.5 Å². The Morgan fingerprint density at radius 3 is 2.21 bits per heavy atom. The zero-order valence-electron chi connectivity index (χ0n) is 14.1. The van der Waals surface area contributed by atoms with Gasteiger partial charge in [-0.2, -0.15) is 4.31 Å². The van der Waals surface area contributed by atoms with Gasteiger partial charge >= 0.3 is 0 Å². The maximum atomic E-state index is 12.9. The number of hydrogen-bond donors (Lipinski definition) is 1. The van der Waals surface area contributed by atoms with Crippen LogP contribution in [-0.2, 0) is 19.9 Å². The van der Waals surface area contributed by atoms with E-state index in [-0.39, 0.29) is 22.4 Å². The highest BCUT2D eigenvalue weighted by molar-refractivity contribution is 7.91. The van der Waals surface area contributed by atoms with Crippen LogP contribution in [0, 0.1) is 6.92 Å². The van der Waals surface area contributed by atoms with Crippen LogP contribution < -0.4 is 0 Å². The van der Waals surface area contributed by atoms with Crippen molar-refractivity contribution in [1.82, 2.24) is 9.21 Å². The molecule has 2 rings (SSSR count). The summed E-state index contributed by atoms with van der Waals surface area (Å²) >= 11 is 0. The van der Waals surface area contributed by atoms with Crippen LogP contribution in [0.2, 0.25) is 0 Å². The summed E-state index contributed by atoms with van der Waals surface area (Å²) in [6.45, 7) is 5.27. The molecule has 24 heavy (non-hydrogen) atoms. The Morgan fingerprint density at radius 2 is 1.71 bits per heavy atom. The molecule has 1 heterocycles. The fraction of sp³-hybridized carbons (Fsp3) is 0.600. The summed E-state index contributed by atoms with van der Waals surface area (Å²) in [6.07, 6.45) is 1.06. The number of hydrogen-bond acceptors (Lipinski definition) is 6. The van der Waals surface area contributed by atoms with E-state index in [9.17, 15) is 21.9 Å². The van der Waals surface area contributed by atoms with Crippen molar-refractivity contribution in [3.8, 4) is 0 Å². The van der Waals surface area contributed by atoms with Gasteiger partial charge in [0.1, 0.15) is 0 Å². The first kappa shape index (κ1) is 19.3. The Hall–Kier alpha value is -1.00. The molecule has 1 aromatic carbocycles. The second-order valence-corrected chi connectivity index (χ2v) is 10.1. The van der Waals surface area contributed by atoms with E-state index in [1.165, 1.54) is 22.5 Å². The van der Waals surface area contributed by atoms with E-state index in [1.807, 2.05) is 11.8 Å². The number of sulfonamides is 1. The first-order chi connectivity index (χ1) is 11.1. The lowest BCUT2D eigenvalue weighted by Crippen LogP contribution is -2.52. The third-order valence-electron chi connectivity index (χ3n) is 4.37. The van der Waals surface area contributed by atoms with E-state index >= 15 is 0 Å². The van der Waals surface area contributed by atoms with Gasteiger partial charge in [0.05, 0.1) is 16.4 Å². The van der Waals surface area contributed by atoms with Crippen LogP contribution in [-0.4, -0.2) is 76.2 Å². The van der Waals surface area contributed by atoms with Gasteiger partial charge in [-0.05, 0) is 31.5 Å². The van der Waals surface area contributed by atoms with E-state index in [0.29, 0.717) is 31.7 Å². The molecule has 0 saturated carbocycles. The van der Waals surface area contributed by atoms with Crippen molar-refractivity contribution in [3.63, 3.8) is 0 Å². The zero-order valence-corrected chi connectivity index (χ0v) is 15.8. The van der Waals surface area contributed by atoms with Crippen LogP contribution in [0.4, 0.5) is 0 Å². The Bertz CT molecular complexity index is 797. The molecule has 0 unspecified atom stereocenters. The van der Waals surface area contributed by atoms with Crippen molar-refractivity contribution in [1.29, 1.82) is 0 Å². The predicted octanol–water partition coefficient (Wildman–Crippen LogP) is 0.0856. The van der Waals surface area contributed by atoms with Gasteiger partial charge < -0.3 is 5.11 Å². The predicted molar refractivity (Wildman–Crippen MR) is 91.2 cm³/mol. The Balaban J connectivity index is 2.29. The van der Waals surface area contributed by atoms with Gasteiger partial charge in [-0.1, -0.05) is 6.07 Å². The lowest BCUT2D eigenvalue weighted by atomic mass is 10.2. The lowest BCUT2D eigenvalue weighted by molar-refractivity contribution is 0.100. The Kier molecular flexibility index (Phi) is 5.71. The van der Waals surface area contributed by atoms with Gasteiger partial charge in [-0.15, -0.1) is 0 Å². The zero-order chi connectivity index (χ0) is 18.1. The summed E-state index contributed by atoms with van der Waals surface area (Å²) in [5, 5.41) is 9.20. The Labute approximate surface area is 143 Å². The number of aliphatic hydroxyl groups excluding tert-OH is 1. The number of sulfone groups is 1. The van der Waals surface area contributed by atoms with Crippen molar-refractivity contribution in [2.24, 2.45) is 0 Å². The van der Waals surface area contributed by atoms with Crippen LogP contribution in [0.15, 0.2) is 28.0 Å². The number of nitrogens with zero attached hydrogens (tertiary/aromatic N) is 2. The number of rotatable bonds is 5. The monoisotopic (exact) mass is 376 g/mol. The van der Waals surface area contributed by atoms with Crippen molar-refractivity contribution >= 4 is 19.9 Å². The van der Waals surface area contributed by atoms with Gasteiger partial charge in [-0.3, -0.25) is 4.90 Å². The molecular weight excluding hydrogens is 352 g/mol. The molecule has 1 atom stereocenters. The molecule has 1 N–H and O–H groups in total. The SMILES string of the molecule is Cc1ccc(S(C)(=O)=O)cc1S(=O)(=O)N1CCN([C@H](C)CO)CC1. The van der Waals surface area contributed by atoms with Gasteiger partial charge in [0.2, 0.25) is 10.0 Å². The smallest absolute Gasteiger partial charge is 0.243 e. The summed E-state index contributed by atoms with van der Waals surface area (Å²) in [5.41, 5.74) is 0.522. The molecule has 1 fully saturated rings. The van der Waals surface area contributed by atoms with Crippen molar-refractivity contribution in [2.45, 2.75) is 29.7 Å². The number of aryl methyl sites for hydroxylation is 1. The highest BCUT2D eigenvalue weighted by Crippen LogP contribution is 2.24. The fourth-order valence-corrected chi connectivity index (χ4v) is 5.12. The molecule has 0 amide bonds. The van der Waals surface area contributed by atoms with Crippen LogP contribution in [0.25, 0.3) is 0 Å². The van der Waals surface area contributed by atoms with Crippen LogP contribution >= 0.6 is 0 Å². The van der Waals surface area contributed by atoms with Gasteiger partial charge in [0.25, 0.3) is 0 Å². The molecule has 1 saturated heterocycles. The van der Waals surface area contributed by atoms with Crippen molar-refractivity contribution in [3.05, 3.63) is 23.8 Å². The quantitative estimate of drug-likeness (QED) is 0.782. The maximum absolute atomic E-state index is 12.9. The van der Waals surface area contributed by atoms with E-state index in [4.69, 9.17) is 0 Å². The van der Waals surface area contributed by atoms with E-state index in [1.54, 1.807) is 6.92 Å². The standard InChI is InChI=1S/C15H24N2O5S2/c1-12-4-5-14(23(3,19)20)10-15(12)24(21,22)17-8-6-16(7-9-17)13(2)11-18/h4-5,10,13,18H,6-9,11H2,1-3H3/t13-/m1/s1. The first-order valence-electron chi connectivity index (χ1n) is 7.73. The average Bonchev–Trinajstić information content (AvgIpc) is 2.53. The number of piperazine rings is 1. The minimum atomic E-state index is -3.75. The summed E-state index contributed by atoms with van der Waals surface area (Å²) in [6, 6.07) is 4.17. The van der Waals surface area contributed by atoms with Gasteiger partial charge in [-0.25, -0.2) is 16.8 Å². The van der Waals surface area contributed by atoms with E-state index in [0.717, 1.165) is 6.26 Å². The molecule has 0 bridgehead atoms. The normalized spacial score (nSPS) is 19.3. The minimum absolute atomic E-state index is 0.000728. The first-order valence-corrected chi connectivity index (χ1v) is 11.1. The highest BCUT2D eigenvalue weighted by Gasteiger charge is 2.31. The van der Waals surface area contributed by atoms with Gasteiger partial charge in [0.15, 0.2) is 9.84 Å². The van der Waals surface area contributed by atoms with Crippen molar-refractivity contribution in [2.75, 3.05) is 39.0 Å². The molecule has 1 aromatic rings. The molecule has 7 nitrogen and oxygen atoms in total. The molecule has 0 aliphatic carbocycles. The summed E-state index contributed by atoms with van der Waals surface area (Å²) < 4.78 is 50.6. The third-order valence-corrected chi connectivity index (χ3v) is 7.52. The fourth-order valence-electron chi connectivity index (χ4n) is 2.73. The average molecular weight is 377 g/mol. The topological polar surface area (TPSA) is 95.0 Å². The van der Waals surface area contributed by atoms with Crippen LogP contribution in [0.1, 0.15) is 12.5 Å². The maximum Gasteiger partial charge on any atom is 0.243 e. The van der Waals surface area contributed by atoms with E-state index < -0.39 is 19.9 Å². The molecule has 9 heteroatoms. The second kappa shape index (κ2) is 7.09. The van der Waals surface area contributed by atoms with Crippen LogP contribution in [0.5, 0.6) is 0 Å². The summed E-state index contributed by atoms with van der Waals surface area (Å²) in [7, 11) is -7.23. The highest BCUT2D eigenvalue weighted by atomic mass is 32.2. The molecule has 0 spiro atoms. The lowest BCUT2D eigenvalue weighted by Gasteiger charge is -2.37. The summed E-state index contributed by atoms with van der Waals surface area (Å²) in [5.74, 6) is 0. The minimum Gasteiger partial charge on any atom is -0.395 e. The summed E-state index contributed by atoms with van der Waals surface area (Å²) in [4.78, 5) is 2.07. The molecule has 0 aromatic heterocycles. The Morgan fingerprint density at radius 1 is 1.12 bits per heavy atom. The second-order valence-electron chi connectivity index (χ2n) is 6.17. The molecular formula is C15H24N2O5S2. The van der Waals surface area contributed by atoms with Crippen molar-refractivity contribution < 1.29 is 21.9 Å².